The van der Waals surface area contributed by atoms with E-state index in [1.807, 2.05) is 18.2 Å². The van der Waals surface area contributed by atoms with Crippen molar-refractivity contribution >= 4 is 10.0 Å². The summed E-state index contributed by atoms with van der Waals surface area (Å²) in [6.45, 7) is 3.61. The Morgan fingerprint density at radius 2 is 1.86 bits per heavy atom. The van der Waals surface area contributed by atoms with E-state index < -0.39 is 10.0 Å². The Bertz CT molecular complexity index is 476. The lowest BCUT2D eigenvalue weighted by atomic mass is 9.98. The van der Waals surface area contributed by atoms with Crippen LogP contribution in [-0.4, -0.2) is 47.6 Å². The van der Waals surface area contributed by atoms with Crippen molar-refractivity contribution in [2.24, 2.45) is 0 Å². The highest BCUT2D eigenvalue weighted by Crippen LogP contribution is 2.17. The summed E-state index contributed by atoms with van der Waals surface area (Å²) in [6, 6.07) is 10.1. The molecule has 0 aliphatic heterocycles. The third kappa shape index (κ3) is 8.16. The molecule has 5 nitrogen and oxygen atoms in total. The van der Waals surface area contributed by atoms with E-state index in [0.29, 0.717) is 25.7 Å². The summed E-state index contributed by atoms with van der Waals surface area (Å²) in [5.41, 5.74) is 1.22. The fourth-order valence-electron chi connectivity index (χ4n) is 1.86. The molecular weight excluding hydrogens is 290 g/mol. The van der Waals surface area contributed by atoms with Gasteiger partial charge in [0.15, 0.2) is 0 Å². The normalized spacial score (nSPS) is 13.2. The zero-order valence-corrected chi connectivity index (χ0v) is 13.6. The molecule has 1 atom stereocenters. The van der Waals surface area contributed by atoms with Gasteiger partial charge >= 0.3 is 0 Å². The van der Waals surface area contributed by atoms with Crippen LogP contribution in [-0.2, 0) is 19.5 Å². The topological polar surface area (TPSA) is 64.6 Å². The predicted molar refractivity (Wildman–Crippen MR) is 84.0 cm³/mol. The maximum atomic E-state index is 11.8. The number of nitrogens with one attached hydrogen (secondary N) is 1. The maximum absolute atomic E-state index is 11.8. The number of methoxy groups -OCH3 is 1. The summed E-state index contributed by atoms with van der Waals surface area (Å²) < 4.78 is 36.1. The summed E-state index contributed by atoms with van der Waals surface area (Å²) in [7, 11) is -1.68. The molecule has 0 spiro atoms. The standard InChI is InChI=1S/C15H25NO4S/c1-14(15-6-4-3-5-7-15)8-9-16-21(17,18)13-12-20-11-10-19-2/h3-7,14,16H,8-13H2,1-2H3. The van der Waals surface area contributed by atoms with Gasteiger partial charge in [-0.1, -0.05) is 37.3 Å². The number of sulfonamides is 1. The number of rotatable bonds is 11. The van der Waals surface area contributed by atoms with Gasteiger partial charge in [0.25, 0.3) is 0 Å². The van der Waals surface area contributed by atoms with E-state index in [-0.39, 0.29) is 12.4 Å². The van der Waals surface area contributed by atoms with Crippen molar-refractivity contribution in [2.45, 2.75) is 19.3 Å². The van der Waals surface area contributed by atoms with E-state index in [1.165, 1.54) is 5.56 Å². The van der Waals surface area contributed by atoms with Crippen LogP contribution in [0.15, 0.2) is 30.3 Å². The van der Waals surface area contributed by atoms with Crippen molar-refractivity contribution < 1.29 is 17.9 Å². The molecule has 0 aliphatic rings. The molecule has 1 aromatic carbocycles. The number of benzene rings is 1. The van der Waals surface area contributed by atoms with Crippen LogP contribution in [0.5, 0.6) is 0 Å². The van der Waals surface area contributed by atoms with Crippen LogP contribution in [0, 0.1) is 0 Å². The molecule has 1 N–H and O–H groups in total. The molecule has 0 heterocycles. The molecule has 0 radical (unpaired) electrons. The van der Waals surface area contributed by atoms with Gasteiger partial charge in [0.1, 0.15) is 0 Å². The lowest BCUT2D eigenvalue weighted by Crippen LogP contribution is -2.30. The maximum Gasteiger partial charge on any atom is 0.213 e. The summed E-state index contributed by atoms with van der Waals surface area (Å²) in [5.74, 6) is 0.308. The van der Waals surface area contributed by atoms with Crippen LogP contribution in [0.1, 0.15) is 24.8 Å². The van der Waals surface area contributed by atoms with Crippen LogP contribution in [0.2, 0.25) is 0 Å². The molecule has 1 rings (SSSR count). The van der Waals surface area contributed by atoms with Crippen molar-refractivity contribution in [1.29, 1.82) is 0 Å². The molecule has 0 fully saturated rings. The quantitative estimate of drug-likeness (QED) is 0.632. The molecular formula is C15H25NO4S. The molecule has 0 aliphatic carbocycles. The molecule has 1 aromatic rings. The summed E-state index contributed by atoms with van der Waals surface area (Å²) >= 11 is 0. The van der Waals surface area contributed by atoms with Crippen molar-refractivity contribution in [3.63, 3.8) is 0 Å². The Morgan fingerprint density at radius 3 is 2.52 bits per heavy atom. The van der Waals surface area contributed by atoms with Crippen molar-refractivity contribution in [3.05, 3.63) is 35.9 Å². The van der Waals surface area contributed by atoms with Gasteiger partial charge in [-0.2, -0.15) is 0 Å². The van der Waals surface area contributed by atoms with Crippen LogP contribution in [0.4, 0.5) is 0 Å². The fourth-order valence-corrected chi connectivity index (χ4v) is 2.77. The van der Waals surface area contributed by atoms with Gasteiger partial charge in [-0.25, -0.2) is 13.1 Å². The summed E-state index contributed by atoms with van der Waals surface area (Å²) in [6.07, 6.45) is 0.772. The van der Waals surface area contributed by atoms with E-state index in [9.17, 15) is 8.42 Å². The second kappa shape index (κ2) is 9.89. The average Bonchev–Trinajstić information content (AvgIpc) is 2.47. The largest absolute Gasteiger partial charge is 0.382 e. The first-order valence-electron chi connectivity index (χ1n) is 7.14. The van der Waals surface area contributed by atoms with Crippen LogP contribution in [0.3, 0.4) is 0 Å². The highest BCUT2D eigenvalue weighted by atomic mass is 32.2. The van der Waals surface area contributed by atoms with Crippen molar-refractivity contribution in [2.75, 3.05) is 39.2 Å². The zero-order chi connectivity index (χ0) is 15.6. The molecule has 120 valence electrons. The average molecular weight is 315 g/mol. The Kier molecular flexibility index (Phi) is 8.52. The van der Waals surface area contributed by atoms with Gasteiger partial charge < -0.3 is 9.47 Å². The minimum atomic E-state index is -3.26. The number of hydrogen-bond acceptors (Lipinski definition) is 4. The van der Waals surface area contributed by atoms with Gasteiger partial charge in [0, 0.05) is 13.7 Å². The van der Waals surface area contributed by atoms with Crippen LogP contribution < -0.4 is 4.72 Å². The third-order valence-electron chi connectivity index (χ3n) is 3.20. The smallest absolute Gasteiger partial charge is 0.213 e. The van der Waals surface area contributed by atoms with E-state index in [1.54, 1.807) is 7.11 Å². The minimum absolute atomic E-state index is 0.0174. The van der Waals surface area contributed by atoms with Crippen molar-refractivity contribution in [1.82, 2.24) is 4.72 Å². The van der Waals surface area contributed by atoms with E-state index >= 15 is 0 Å². The molecule has 0 saturated carbocycles. The first kappa shape index (κ1) is 18.1. The molecule has 21 heavy (non-hydrogen) atoms. The number of hydrogen-bond donors (Lipinski definition) is 1. The first-order chi connectivity index (χ1) is 10.0. The Labute approximate surface area is 127 Å². The molecule has 0 aromatic heterocycles. The van der Waals surface area contributed by atoms with Gasteiger partial charge in [-0.05, 0) is 17.9 Å². The summed E-state index contributed by atoms with van der Waals surface area (Å²) in [4.78, 5) is 0. The van der Waals surface area contributed by atoms with Gasteiger partial charge in [0.2, 0.25) is 10.0 Å². The monoisotopic (exact) mass is 315 g/mol. The molecule has 6 heteroatoms. The molecule has 0 amide bonds. The number of ether oxygens (including phenoxy) is 2. The molecule has 0 bridgehead atoms. The second-order valence-electron chi connectivity index (χ2n) is 4.92. The van der Waals surface area contributed by atoms with E-state index in [0.717, 1.165) is 6.42 Å². The lowest BCUT2D eigenvalue weighted by molar-refractivity contribution is 0.0784. The van der Waals surface area contributed by atoms with E-state index in [2.05, 4.69) is 23.8 Å². The first-order valence-corrected chi connectivity index (χ1v) is 8.79. The summed E-state index contributed by atoms with van der Waals surface area (Å²) in [5, 5.41) is 0. The lowest BCUT2D eigenvalue weighted by Gasteiger charge is -2.12. The van der Waals surface area contributed by atoms with Crippen LogP contribution >= 0.6 is 0 Å². The molecule has 0 saturated heterocycles. The van der Waals surface area contributed by atoms with Gasteiger partial charge in [-0.3, -0.25) is 0 Å². The highest BCUT2D eigenvalue weighted by molar-refractivity contribution is 7.89. The third-order valence-corrected chi connectivity index (χ3v) is 4.54. The van der Waals surface area contributed by atoms with Gasteiger partial charge in [-0.15, -0.1) is 0 Å². The fraction of sp³-hybridized carbons (Fsp3) is 0.600. The predicted octanol–water partition coefficient (Wildman–Crippen LogP) is 1.76. The molecule has 1 unspecified atom stereocenters. The Morgan fingerprint density at radius 1 is 1.14 bits per heavy atom. The van der Waals surface area contributed by atoms with Crippen molar-refractivity contribution in [3.8, 4) is 0 Å². The zero-order valence-electron chi connectivity index (χ0n) is 12.7. The Balaban J connectivity index is 2.21. The highest BCUT2D eigenvalue weighted by Gasteiger charge is 2.11. The van der Waals surface area contributed by atoms with E-state index in [4.69, 9.17) is 9.47 Å². The second-order valence-corrected chi connectivity index (χ2v) is 6.85. The Hall–Kier alpha value is -0.950. The SMILES string of the molecule is COCCOCCS(=O)(=O)NCCC(C)c1ccccc1. The van der Waals surface area contributed by atoms with Crippen LogP contribution in [0.25, 0.3) is 0 Å². The minimum Gasteiger partial charge on any atom is -0.382 e. The van der Waals surface area contributed by atoms with Gasteiger partial charge in [0.05, 0.1) is 25.6 Å².